The van der Waals surface area contributed by atoms with Crippen LogP contribution in [0.5, 0.6) is 11.5 Å². The molecule has 0 unspecified atom stereocenters. The number of aryl methyl sites for hydroxylation is 7. The first kappa shape index (κ1) is 64.0. The van der Waals surface area contributed by atoms with E-state index in [9.17, 15) is 0 Å². The topological polar surface area (TPSA) is 43.1 Å². The van der Waals surface area contributed by atoms with Crippen molar-refractivity contribution in [2.45, 2.75) is 66.2 Å². The molecule has 0 saturated carbocycles. The van der Waals surface area contributed by atoms with Crippen molar-refractivity contribution in [2.75, 3.05) is 14.2 Å². The van der Waals surface area contributed by atoms with Gasteiger partial charge in [-0.2, -0.15) is 0 Å². The smallest absolute Gasteiger partial charge is 0.119 e. The molecule has 0 radical (unpaired) electrons. The number of fused-ring (bicyclic) bond motifs is 15. The zero-order chi connectivity index (χ0) is 67.3. The minimum atomic E-state index is 0.179. The molecule has 0 aliphatic rings. The van der Waals surface area contributed by atoms with E-state index < -0.39 is 0 Å². The Morgan fingerprint density at radius 2 is 0.490 bits per heavy atom. The number of methoxy groups -OCH3 is 2. The quantitative estimate of drug-likeness (QED) is 0.176. The molecule has 5 heterocycles. The van der Waals surface area contributed by atoms with E-state index in [2.05, 4.69) is 356 Å². The third-order valence-corrected chi connectivity index (χ3v) is 19.5. The van der Waals surface area contributed by atoms with E-state index in [1.165, 1.54) is 154 Å². The maximum Gasteiger partial charge on any atom is 0.119 e. The number of nitrogens with zero attached hydrogens (tertiary/aromatic N) is 5. The summed E-state index contributed by atoms with van der Waals surface area (Å²) in [5.41, 5.74) is 23.6. The number of para-hydroxylation sites is 2. The number of hydrogen-bond donors (Lipinski definition) is 0. The summed E-state index contributed by atoms with van der Waals surface area (Å²) in [4.78, 5) is 0. The maximum atomic E-state index is 5.30. The van der Waals surface area contributed by atoms with Gasteiger partial charge in [-0.3, -0.25) is 0 Å². The second-order valence-corrected chi connectivity index (χ2v) is 27.8. The van der Waals surface area contributed by atoms with Crippen molar-refractivity contribution >= 4 is 109 Å². The first-order chi connectivity index (χ1) is 46.2. The Morgan fingerprint density at radius 1 is 0.229 bits per heavy atom. The van der Waals surface area contributed by atoms with Gasteiger partial charge in [0, 0.05) is 144 Å². The molecule has 0 fully saturated rings. The van der Waals surface area contributed by atoms with Gasteiger partial charge in [0.25, 0.3) is 0 Å². The highest BCUT2D eigenvalue weighted by molar-refractivity contribution is 6.13. The fourth-order valence-corrected chi connectivity index (χ4v) is 14.0. The third-order valence-electron chi connectivity index (χ3n) is 19.5. The predicted octanol–water partition coefficient (Wildman–Crippen LogP) is 23.2. The largest absolute Gasteiger partial charge is 0.497 e. The molecule has 7 nitrogen and oxygen atoms in total. The fourth-order valence-electron chi connectivity index (χ4n) is 14.0. The molecule has 0 bridgehead atoms. The molecule has 17 aromatic rings. The van der Waals surface area contributed by atoms with Crippen molar-refractivity contribution in [1.82, 2.24) is 22.8 Å². The van der Waals surface area contributed by atoms with Gasteiger partial charge in [0.1, 0.15) is 11.5 Å². The van der Waals surface area contributed by atoms with Gasteiger partial charge in [0.15, 0.2) is 0 Å². The molecular formula is C89H87N5O2. The number of ether oxygens (including phenoxy) is 2. The summed E-state index contributed by atoms with van der Waals surface area (Å²) < 4.78 is 21.9. The highest BCUT2D eigenvalue weighted by atomic mass is 16.5. The molecule has 5 aromatic heterocycles. The summed E-state index contributed by atoms with van der Waals surface area (Å²) in [6, 6.07) is 91.2. The molecule has 12 aromatic carbocycles. The molecule has 0 N–H and O–H groups in total. The molecule has 0 saturated heterocycles. The van der Waals surface area contributed by atoms with Gasteiger partial charge >= 0.3 is 0 Å². The predicted molar refractivity (Wildman–Crippen MR) is 413 cm³/mol. The standard InChI is InChI=1S/C25H19N.C21H27N.C15H15NO2.C15H15N.C13H11N/c1-26-24-14-12-20(18-8-4-2-5-9-18)16-22(24)23-17-21(13-15-25(23)26)19-10-6-3-7-11-19;1-20(2,3)14-8-10-18-16(12-14)17-13-15(21(4,5)6)9-11-19(17)22(18)7;1-16-14-6-4-10(17-2)8-12(14)13-9-11(18-3)5-7-15(13)16;1-10-4-6-14-12(8-10)13-9-11(2)5-7-15(13)16(14)3;1-14-12-8-4-2-6-10(12)11-7-3-5-9-13(11)14/h2-17H,1H3;8-13H,1-7H3;4-9H,1-3H3;4-9H,1-3H3;2-9H,1H3. The Balaban J connectivity index is 0.000000110. The van der Waals surface area contributed by atoms with Gasteiger partial charge in [-0.05, 0) is 179 Å². The summed E-state index contributed by atoms with van der Waals surface area (Å²) >= 11 is 0. The summed E-state index contributed by atoms with van der Waals surface area (Å²) in [5.74, 6) is 1.75. The van der Waals surface area contributed by atoms with E-state index in [1.54, 1.807) is 14.2 Å². The van der Waals surface area contributed by atoms with Crippen LogP contribution in [0.15, 0.2) is 255 Å². The molecule has 480 valence electrons. The lowest BCUT2D eigenvalue weighted by atomic mass is 9.85. The number of hydrogen-bond acceptors (Lipinski definition) is 2. The molecule has 0 amide bonds. The van der Waals surface area contributed by atoms with E-state index in [4.69, 9.17) is 9.47 Å². The van der Waals surface area contributed by atoms with Crippen LogP contribution in [0, 0.1) is 13.8 Å². The average Bonchev–Trinajstić information content (AvgIpc) is 1.63. The first-order valence-corrected chi connectivity index (χ1v) is 33.3. The van der Waals surface area contributed by atoms with Gasteiger partial charge in [-0.15, -0.1) is 0 Å². The Labute approximate surface area is 564 Å². The molecule has 17 rings (SSSR count). The van der Waals surface area contributed by atoms with Gasteiger partial charge in [-0.25, -0.2) is 0 Å². The van der Waals surface area contributed by atoms with Crippen molar-refractivity contribution in [2.24, 2.45) is 35.2 Å². The molecule has 0 atom stereocenters. The zero-order valence-corrected chi connectivity index (χ0v) is 58.3. The number of aromatic nitrogens is 5. The monoisotopic (exact) mass is 1260 g/mol. The lowest BCUT2D eigenvalue weighted by molar-refractivity contribution is 0.415. The van der Waals surface area contributed by atoms with E-state index in [0.717, 1.165) is 11.5 Å². The highest BCUT2D eigenvalue weighted by Gasteiger charge is 2.20. The van der Waals surface area contributed by atoms with Crippen LogP contribution in [0.4, 0.5) is 0 Å². The third kappa shape index (κ3) is 12.2. The summed E-state index contributed by atoms with van der Waals surface area (Å²) in [7, 11) is 14.0. The Bertz CT molecular complexity index is 5380. The molecular weight excluding hydrogens is 1170 g/mol. The average molecular weight is 1260 g/mol. The van der Waals surface area contributed by atoms with Crippen LogP contribution >= 0.6 is 0 Å². The highest BCUT2D eigenvalue weighted by Crippen LogP contribution is 2.39. The molecule has 0 spiro atoms. The fraction of sp³-hybridized carbons (Fsp3) is 0.191. The second-order valence-electron chi connectivity index (χ2n) is 27.8. The summed E-state index contributed by atoms with van der Waals surface area (Å²) in [5, 5.41) is 13.1. The number of benzene rings is 12. The van der Waals surface area contributed by atoms with Gasteiger partial charge < -0.3 is 32.3 Å². The minimum Gasteiger partial charge on any atom is -0.497 e. The van der Waals surface area contributed by atoms with Crippen molar-refractivity contribution < 1.29 is 9.47 Å². The zero-order valence-electron chi connectivity index (χ0n) is 58.3. The van der Waals surface area contributed by atoms with Crippen LogP contribution in [-0.2, 0) is 46.1 Å². The lowest BCUT2D eigenvalue weighted by Gasteiger charge is -2.19. The Morgan fingerprint density at radius 3 is 0.823 bits per heavy atom. The Hall–Kier alpha value is -10.8. The van der Waals surface area contributed by atoms with E-state index in [0.29, 0.717) is 0 Å². The van der Waals surface area contributed by atoms with Crippen molar-refractivity contribution in [3.05, 3.63) is 277 Å². The van der Waals surface area contributed by atoms with Crippen LogP contribution in [0.25, 0.3) is 131 Å². The van der Waals surface area contributed by atoms with Crippen LogP contribution in [0.3, 0.4) is 0 Å². The van der Waals surface area contributed by atoms with Gasteiger partial charge in [0.2, 0.25) is 0 Å². The van der Waals surface area contributed by atoms with Gasteiger partial charge in [-0.1, -0.05) is 186 Å². The van der Waals surface area contributed by atoms with Gasteiger partial charge in [0.05, 0.1) is 14.2 Å². The van der Waals surface area contributed by atoms with Crippen molar-refractivity contribution in [3.63, 3.8) is 0 Å². The van der Waals surface area contributed by atoms with Crippen molar-refractivity contribution in [3.8, 4) is 33.8 Å². The Kier molecular flexibility index (Phi) is 17.2. The number of rotatable bonds is 4. The molecule has 0 aliphatic heterocycles. The summed E-state index contributed by atoms with van der Waals surface area (Å²) in [6.07, 6.45) is 0. The van der Waals surface area contributed by atoms with Crippen LogP contribution in [0.2, 0.25) is 0 Å². The maximum absolute atomic E-state index is 5.30. The SMILES string of the molecule is COc1ccc2c(c1)c1cc(OC)ccc1n2C.Cc1ccc2c(c1)c1cc(C)ccc1n2C.Cn1c2ccc(-c3ccccc3)cc2c2cc(-c3ccccc3)ccc21.Cn1c2ccc(C(C)(C)C)cc2c2cc(C(C)(C)C)ccc21.Cn1c2ccccc2c2ccccc21. The minimum absolute atomic E-state index is 0.179. The molecule has 7 heteroatoms. The van der Waals surface area contributed by atoms with E-state index in [1.807, 2.05) is 12.1 Å². The molecule has 96 heavy (non-hydrogen) atoms. The lowest BCUT2D eigenvalue weighted by Crippen LogP contribution is -2.10. The molecule has 0 aliphatic carbocycles. The van der Waals surface area contributed by atoms with Crippen LogP contribution < -0.4 is 9.47 Å². The van der Waals surface area contributed by atoms with E-state index >= 15 is 0 Å². The van der Waals surface area contributed by atoms with E-state index in [-0.39, 0.29) is 10.8 Å². The normalized spacial score (nSPS) is 11.7. The van der Waals surface area contributed by atoms with Crippen LogP contribution in [-0.4, -0.2) is 37.1 Å². The second kappa shape index (κ2) is 25.9. The summed E-state index contributed by atoms with van der Waals surface area (Å²) in [6.45, 7) is 18.0. The van der Waals surface area contributed by atoms with Crippen molar-refractivity contribution in [1.29, 1.82) is 0 Å². The van der Waals surface area contributed by atoms with Crippen LogP contribution in [0.1, 0.15) is 63.8 Å². The first-order valence-electron chi connectivity index (χ1n) is 33.3.